The molecule has 2 N–H and O–H groups in total. The molecule has 0 spiro atoms. The van der Waals surface area contributed by atoms with E-state index in [1.165, 1.54) is 13.2 Å². The number of hydrogen-bond acceptors (Lipinski definition) is 3. The Bertz CT molecular complexity index is 326. The summed E-state index contributed by atoms with van der Waals surface area (Å²) in [5.41, 5.74) is -0.0362. The Balaban J connectivity index is 3.08. The van der Waals surface area contributed by atoms with E-state index in [9.17, 15) is 4.39 Å². The van der Waals surface area contributed by atoms with Crippen LogP contribution < -0.4 is 10.6 Å². The Morgan fingerprint density at radius 1 is 1.36 bits per heavy atom. The molecule has 0 aliphatic carbocycles. The van der Waals surface area contributed by atoms with Gasteiger partial charge in [-0.25, -0.2) is 10.3 Å². The van der Waals surface area contributed by atoms with Crippen molar-refractivity contribution in [1.29, 1.82) is 0 Å². The summed E-state index contributed by atoms with van der Waals surface area (Å²) >= 11 is 0. The van der Waals surface area contributed by atoms with Crippen molar-refractivity contribution in [3.8, 4) is 5.75 Å². The van der Waals surface area contributed by atoms with E-state index in [0.29, 0.717) is 5.56 Å². The van der Waals surface area contributed by atoms with E-state index < -0.39 is 11.4 Å². The van der Waals surface area contributed by atoms with Gasteiger partial charge < -0.3 is 4.74 Å². The lowest BCUT2D eigenvalue weighted by Crippen LogP contribution is -2.25. The normalized spacial score (nSPS) is 11.5. The van der Waals surface area contributed by atoms with E-state index >= 15 is 0 Å². The molecule has 1 aromatic carbocycles. The average Bonchev–Trinajstić information content (AvgIpc) is 2.17. The lowest BCUT2D eigenvalue weighted by atomic mass is 9.98. The van der Waals surface area contributed by atoms with Gasteiger partial charge >= 0.3 is 0 Å². The third-order valence-corrected chi connectivity index (χ3v) is 2.14. The maximum absolute atomic E-state index is 13.3. The molecule has 0 unspecified atom stereocenters. The molecule has 0 aliphatic heterocycles. The van der Waals surface area contributed by atoms with Crippen LogP contribution in [0.4, 0.5) is 4.39 Å². The van der Waals surface area contributed by atoms with Crippen LogP contribution in [0.25, 0.3) is 0 Å². The van der Waals surface area contributed by atoms with Gasteiger partial charge in [-0.3, -0.25) is 4.84 Å². The van der Waals surface area contributed by atoms with E-state index in [0.717, 1.165) is 0 Å². The van der Waals surface area contributed by atoms with Gasteiger partial charge in [-0.05, 0) is 31.5 Å². The van der Waals surface area contributed by atoms with Gasteiger partial charge in [0.15, 0.2) is 11.6 Å². The van der Waals surface area contributed by atoms with Gasteiger partial charge in [0.25, 0.3) is 0 Å². The maximum Gasteiger partial charge on any atom is 0.165 e. The third kappa shape index (κ3) is 2.02. The van der Waals surface area contributed by atoms with Crippen molar-refractivity contribution in [3.63, 3.8) is 0 Å². The quantitative estimate of drug-likeness (QED) is 0.757. The van der Waals surface area contributed by atoms with Gasteiger partial charge in [-0.2, -0.15) is 0 Å². The SMILES string of the molecule is COc1ccc(C(C)(C)ON)cc1F. The maximum atomic E-state index is 13.3. The van der Waals surface area contributed by atoms with Crippen LogP contribution in [0.1, 0.15) is 19.4 Å². The van der Waals surface area contributed by atoms with Crippen molar-refractivity contribution < 1.29 is 14.0 Å². The summed E-state index contributed by atoms with van der Waals surface area (Å²) in [6, 6.07) is 4.62. The molecule has 1 aromatic rings. The molecule has 4 heteroatoms. The van der Waals surface area contributed by atoms with Crippen LogP contribution in [0.2, 0.25) is 0 Å². The number of ether oxygens (including phenoxy) is 1. The average molecular weight is 199 g/mol. The Morgan fingerprint density at radius 2 is 2.00 bits per heavy atom. The predicted octanol–water partition coefficient (Wildman–Crippen LogP) is 1.96. The molecule has 0 aliphatic rings. The van der Waals surface area contributed by atoms with Crippen LogP contribution in [0.15, 0.2) is 18.2 Å². The fourth-order valence-electron chi connectivity index (χ4n) is 1.11. The van der Waals surface area contributed by atoms with E-state index in [1.54, 1.807) is 26.0 Å². The molecule has 0 saturated heterocycles. The van der Waals surface area contributed by atoms with Crippen LogP contribution >= 0.6 is 0 Å². The standard InChI is InChI=1S/C10H14FNO2/c1-10(2,14-12)7-4-5-9(13-3)8(11)6-7/h4-6H,12H2,1-3H3. The molecule has 14 heavy (non-hydrogen) atoms. The summed E-state index contributed by atoms with van der Waals surface area (Å²) in [5.74, 6) is 4.89. The van der Waals surface area contributed by atoms with Crippen LogP contribution in [-0.4, -0.2) is 7.11 Å². The minimum atomic E-state index is -0.701. The largest absolute Gasteiger partial charge is 0.494 e. The predicted molar refractivity (Wildman–Crippen MR) is 51.3 cm³/mol. The highest BCUT2D eigenvalue weighted by Gasteiger charge is 2.21. The minimum Gasteiger partial charge on any atom is -0.494 e. The molecule has 0 saturated carbocycles. The molecular formula is C10H14FNO2. The van der Waals surface area contributed by atoms with Crippen molar-refractivity contribution in [2.45, 2.75) is 19.4 Å². The highest BCUT2D eigenvalue weighted by Crippen LogP contribution is 2.27. The molecule has 0 radical (unpaired) electrons. The van der Waals surface area contributed by atoms with Crippen LogP contribution in [0.3, 0.4) is 0 Å². The number of halogens is 1. The van der Waals surface area contributed by atoms with Crippen LogP contribution in [-0.2, 0) is 10.4 Å². The van der Waals surface area contributed by atoms with Gasteiger partial charge in [0.1, 0.15) is 5.60 Å². The molecule has 0 atom stereocenters. The van der Waals surface area contributed by atoms with E-state index in [-0.39, 0.29) is 5.75 Å². The molecule has 0 amide bonds. The van der Waals surface area contributed by atoms with E-state index in [4.69, 9.17) is 15.5 Å². The summed E-state index contributed by atoms with van der Waals surface area (Å²) in [5, 5.41) is 0. The third-order valence-electron chi connectivity index (χ3n) is 2.14. The van der Waals surface area contributed by atoms with Gasteiger partial charge in [0.2, 0.25) is 0 Å². The van der Waals surface area contributed by atoms with Gasteiger partial charge in [0.05, 0.1) is 7.11 Å². The summed E-state index contributed by atoms with van der Waals surface area (Å²) in [4.78, 5) is 4.74. The van der Waals surface area contributed by atoms with E-state index in [2.05, 4.69) is 0 Å². The summed E-state index contributed by atoms with van der Waals surface area (Å²) < 4.78 is 18.1. The number of nitrogens with two attached hydrogens (primary N) is 1. The Labute approximate surface area is 82.6 Å². The summed E-state index contributed by atoms with van der Waals surface area (Å²) in [6.45, 7) is 3.52. The minimum absolute atomic E-state index is 0.210. The van der Waals surface area contributed by atoms with Crippen molar-refractivity contribution in [3.05, 3.63) is 29.6 Å². The number of hydrogen-bond donors (Lipinski definition) is 1. The van der Waals surface area contributed by atoms with E-state index in [1.807, 2.05) is 0 Å². The first kappa shape index (κ1) is 10.9. The first-order valence-electron chi connectivity index (χ1n) is 4.23. The zero-order chi connectivity index (χ0) is 10.8. The summed E-state index contributed by atoms with van der Waals surface area (Å²) in [6.07, 6.45) is 0. The van der Waals surface area contributed by atoms with Gasteiger partial charge in [0, 0.05) is 0 Å². The second-order valence-electron chi connectivity index (χ2n) is 3.48. The van der Waals surface area contributed by atoms with Crippen LogP contribution in [0, 0.1) is 5.82 Å². The smallest absolute Gasteiger partial charge is 0.165 e. The molecule has 0 aromatic heterocycles. The first-order valence-corrected chi connectivity index (χ1v) is 4.23. The van der Waals surface area contributed by atoms with Crippen molar-refractivity contribution in [2.24, 2.45) is 5.90 Å². The molecular weight excluding hydrogens is 185 g/mol. The zero-order valence-electron chi connectivity index (χ0n) is 8.50. The lowest BCUT2D eigenvalue weighted by Gasteiger charge is -2.22. The molecule has 78 valence electrons. The number of benzene rings is 1. The topological polar surface area (TPSA) is 44.5 Å². The molecule has 0 bridgehead atoms. The lowest BCUT2D eigenvalue weighted by molar-refractivity contribution is -0.0238. The second kappa shape index (κ2) is 3.94. The Kier molecular flexibility index (Phi) is 3.08. The van der Waals surface area contributed by atoms with Crippen LogP contribution in [0.5, 0.6) is 5.75 Å². The molecule has 0 heterocycles. The fourth-order valence-corrected chi connectivity index (χ4v) is 1.11. The van der Waals surface area contributed by atoms with Gasteiger partial charge in [-0.15, -0.1) is 0 Å². The molecule has 1 rings (SSSR count). The van der Waals surface area contributed by atoms with Gasteiger partial charge in [-0.1, -0.05) is 6.07 Å². The highest BCUT2D eigenvalue weighted by molar-refractivity contribution is 5.31. The molecule has 0 fully saturated rings. The number of rotatable bonds is 3. The second-order valence-corrected chi connectivity index (χ2v) is 3.48. The highest BCUT2D eigenvalue weighted by atomic mass is 19.1. The number of methoxy groups -OCH3 is 1. The molecule has 3 nitrogen and oxygen atoms in total. The fraction of sp³-hybridized carbons (Fsp3) is 0.400. The Hall–Kier alpha value is -1.13. The first-order chi connectivity index (χ1) is 6.51. The zero-order valence-corrected chi connectivity index (χ0v) is 8.50. The van der Waals surface area contributed by atoms with Crippen molar-refractivity contribution in [1.82, 2.24) is 0 Å². The summed E-state index contributed by atoms with van der Waals surface area (Å²) in [7, 11) is 1.42. The monoisotopic (exact) mass is 199 g/mol. The van der Waals surface area contributed by atoms with Crippen molar-refractivity contribution in [2.75, 3.05) is 7.11 Å². The Morgan fingerprint density at radius 3 is 2.43 bits per heavy atom. The van der Waals surface area contributed by atoms with Crippen molar-refractivity contribution >= 4 is 0 Å².